The van der Waals surface area contributed by atoms with Gasteiger partial charge in [-0.3, -0.25) is 5.32 Å². The van der Waals surface area contributed by atoms with Crippen LogP contribution in [-0.2, 0) is 4.74 Å². The van der Waals surface area contributed by atoms with E-state index in [0.717, 1.165) is 12.3 Å². The monoisotopic (exact) mass is 113 g/mol. The van der Waals surface area contributed by atoms with E-state index in [2.05, 4.69) is 12.2 Å². The van der Waals surface area contributed by atoms with Crippen molar-refractivity contribution in [3.63, 3.8) is 0 Å². The third-order valence-electron chi connectivity index (χ3n) is 1.38. The Labute approximate surface area is 49.5 Å². The van der Waals surface area contributed by atoms with Gasteiger partial charge in [-0.05, 0) is 19.4 Å². The lowest BCUT2D eigenvalue weighted by atomic mass is 10.2. The van der Waals surface area contributed by atoms with Crippen LogP contribution < -0.4 is 5.32 Å². The molecule has 1 N–H and O–H groups in total. The quantitative estimate of drug-likeness (QED) is 0.503. The normalized spacial score (nSPS) is 20.8. The molecule has 0 atom stereocenters. The van der Waals surface area contributed by atoms with Crippen LogP contribution in [0.15, 0.2) is 11.3 Å². The minimum absolute atomic E-state index is 0.670. The number of rotatable bonds is 0. The second-order valence-electron chi connectivity index (χ2n) is 2.05. The number of nitrogens with one attached hydrogen (secondary N) is 1. The Morgan fingerprint density at radius 2 is 2.25 bits per heavy atom. The molecule has 0 aromatic heterocycles. The Hall–Kier alpha value is -0.500. The number of ether oxygens (including phenoxy) is 1. The largest absolute Gasteiger partial charge is 0.483 e. The zero-order valence-corrected chi connectivity index (χ0v) is 5.32. The van der Waals surface area contributed by atoms with Gasteiger partial charge in [0.25, 0.3) is 0 Å². The summed E-state index contributed by atoms with van der Waals surface area (Å²) in [7, 11) is 0. The zero-order valence-electron chi connectivity index (χ0n) is 5.32. The van der Waals surface area contributed by atoms with Gasteiger partial charge in [-0.15, -0.1) is 0 Å². The molecule has 0 spiro atoms. The minimum Gasteiger partial charge on any atom is -0.483 e. The molecule has 0 aromatic carbocycles. The van der Waals surface area contributed by atoms with Crippen LogP contribution in [0.2, 0.25) is 0 Å². The molecule has 0 amide bonds. The highest BCUT2D eigenvalue weighted by Gasteiger charge is 2.02. The van der Waals surface area contributed by atoms with E-state index >= 15 is 0 Å². The maximum Gasteiger partial charge on any atom is 0.139 e. The SMILES string of the molecule is CC1=C(C)OCNC1. The third-order valence-corrected chi connectivity index (χ3v) is 1.38. The van der Waals surface area contributed by atoms with Crippen LogP contribution in [0.4, 0.5) is 0 Å². The van der Waals surface area contributed by atoms with Crippen LogP contribution in [0.25, 0.3) is 0 Å². The topological polar surface area (TPSA) is 21.3 Å². The summed E-state index contributed by atoms with van der Waals surface area (Å²) >= 11 is 0. The Kier molecular flexibility index (Phi) is 1.53. The Morgan fingerprint density at radius 3 is 2.62 bits per heavy atom. The summed E-state index contributed by atoms with van der Waals surface area (Å²) in [5.41, 5.74) is 1.30. The van der Waals surface area contributed by atoms with E-state index in [-0.39, 0.29) is 0 Å². The minimum atomic E-state index is 0.670. The fraction of sp³-hybridized carbons (Fsp3) is 0.667. The second-order valence-corrected chi connectivity index (χ2v) is 2.05. The summed E-state index contributed by atoms with van der Waals surface area (Å²) in [5.74, 6) is 1.07. The van der Waals surface area contributed by atoms with E-state index in [1.54, 1.807) is 0 Å². The molecular formula is C6H11NO. The molecule has 0 aromatic rings. The summed E-state index contributed by atoms with van der Waals surface area (Å²) in [4.78, 5) is 0. The third kappa shape index (κ3) is 1.01. The van der Waals surface area contributed by atoms with E-state index in [1.807, 2.05) is 6.92 Å². The molecule has 1 aliphatic rings. The first kappa shape index (κ1) is 5.63. The lowest BCUT2D eigenvalue weighted by Crippen LogP contribution is -2.25. The predicted molar refractivity (Wildman–Crippen MR) is 32.3 cm³/mol. The summed E-state index contributed by atoms with van der Waals surface area (Å²) in [5, 5.41) is 3.08. The number of hydrogen-bond donors (Lipinski definition) is 1. The molecule has 0 aliphatic carbocycles. The van der Waals surface area contributed by atoms with Crippen molar-refractivity contribution in [1.29, 1.82) is 0 Å². The van der Waals surface area contributed by atoms with Crippen LogP contribution in [0.1, 0.15) is 13.8 Å². The predicted octanol–water partition coefficient (Wildman–Crippen LogP) is 0.858. The van der Waals surface area contributed by atoms with E-state index in [4.69, 9.17) is 4.74 Å². The van der Waals surface area contributed by atoms with Crippen molar-refractivity contribution >= 4 is 0 Å². The first-order valence-electron chi connectivity index (χ1n) is 2.80. The summed E-state index contributed by atoms with van der Waals surface area (Å²) in [6.07, 6.45) is 0. The first-order chi connectivity index (χ1) is 3.80. The Balaban J connectivity index is 2.60. The maximum atomic E-state index is 5.16. The van der Waals surface area contributed by atoms with Crippen molar-refractivity contribution in [2.75, 3.05) is 13.3 Å². The molecule has 0 saturated carbocycles. The van der Waals surface area contributed by atoms with Crippen molar-refractivity contribution in [1.82, 2.24) is 5.32 Å². The number of hydrogen-bond acceptors (Lipinski definition) is 2. The molecule has 0 unspecified atom stereocenters. The fourth-order valence-corrected chi connectivity index (χ4v) is 0.645. The Morgan fingerprint density at radius 1 is 1.50 bits per heavy atom. The average molecular weight is 113 g/mol. The van der Waals surface area contributed by atoms with Gasteiger partial charge in [-0.25, -0.2) is 0 Å². The smallest absolute Gasteiger partial charge is 0.139 e. The van der Waals surface area contributed by atoms with Crippen molar-refractivity contribution in [3.8, 4) is 0 Å². The van der Waals surface area contributed by atoms with Gasteiger partial charge >= 0.3 is 0 Å². The van der Waals surface area contributed by atoms with E-state index in [0.29, 0.717) is 6.73 Å². The molecule has 0 radical (unpaired) electrons. The van der Waals surface area contributed by atoms with Crippen LogP contribution in [0.3, 0.4) is 0 Å². The van der Waals surface area contributed by atoms with Gasteiger partial charge < -0.3 is 4.74 Å². The molecule has 1 aliphatic heterocycles. The summed E-state index contributed by atoms with van der Waals surface area (Å²) in [6.45, 7) is 5.71. The molecule has 0 fully saturated rings. The molecule has 0 saturated heterocycles. The Bertz CT molecular complexity index is 104. The van der Waals surface area contributed by atoms with Crippen molar-refractivity contribution in [2.24, 2.45) is 0 Å². The molecule has 0 bridgehead atoms. The van der Waals surface area contributed by atoms with Gasteiger partial charge in [-0.2, -0.15) is 0 Å². The van der Waals surface area contributed by atoms with Gasteiger partial charge in [0.1, 0.15) is 6.73 Å². The van der Waals surface area contributed by atoms with Crippen molar-refractivity contribution in [3.05, 3.63) is 11.3 Å². The van der Waals surface area contributed by atoms with Crippen LogP contribution in [0, 0.1) is 0 Å². The van der Waals surface area contributed by atoms with Crippen LogP contribution in [-0.4, -0.2) is 13.3 Å². The lowest BCUT2D eigenvalue weighted by molar-refractivity contribution is 0.173. The van der Waals surface area contributed by atoms with E-state index in [1.165, 1.54) is 5.57 Å². The molecule has 8 heavy (non-hydrogen) atoms. The van der Waals surface area contributed by atoms with Crippen molar-refractivity contribution < 1.29 is 4.74 Å². The second kappa shape index (κ2) is 2.18. The maximum absolute atomic E-state index is 5.16. The molecular weight excluding hydrogens is 102 g/mol. The molecule has 1 heterocycles. The zero-order chi connectivity index (χ0) is 5.98. The van der Waals surface area contributed by atoms with Crippen molar-refractivity contribution in [2.45, 2.75) is 13.8 Å². The van der Waals surface area contributed by atoms with Gasteiger partial charge in [0.05, 0.1) is 5.76 Å². The van der Waals surface area contributed by atoms with Gasteiger partial charge in [-0.1, -0.05) is 0 Å². The van der Waals surface area contributed by atoms with Gasteiger partial charge in [0, 0.05) is 6.54 Å². The summed E-state index contributed by atoms with van der Waals surface area (Å²) < 4.78 is 5.16. The fourth-order valence-electron chi connectivity index (χ4n) is 0.645. The van der Waals surface area contributed by atoms with E-state index < -0.39 is 0 Å². The van der Waals surface area contributed by atoms with Crippen LogP contribution in [0.5, 0.6) is 0 Å². The average Bonchev–Trinajstić information content (AvgIpc) is 1.77. The molecule has 2 heteroatoms. The van der Waals surface area contributed by atoms with Gasteiger partial charge in [0.2, 0.25) is 0 Å². The van der Waals surface area contributed by atoms with E-state index in [9.17, 15) is 0 Å². The highest BCUT2D eigenvalue weighted by molar-refractivity contribution is 5.06. The molecule has 46 valence electrons. The molecule has 2 nitrogen and oxygen atoms in total. The van der Waals surface area contributed by atoms with Gasteiger partial charge in [0.15, 0.2) is 0 Å². The van der Waals surface area contributed by atoms with Crippen LogP contribution >= 0.6 is 0 Å². The number of allylic oxidation sites excluding steroid dienone is 1. The first-order valence-corrected chi connectivity index (χ1v) is 2.80. The highest BCUT2D eigenvalue weighted by atomic mass is 16.5. The highest BCUT2D eigenvalue weighted by Crippen LogP contribution is 2.05. The summed E-state index contributed by atoms with van der Waals surface area (Å²) in [6, 6.07) is 0. The lowest BCUT2D eigenvalue weighted by Gasteiger charge is -2.16. The molecule has 1 rings (SSSR count). The standard InChI is InChI=1S/C6H11NO/c1-5-3-7-4-8-6(5)2/h7H,3-4H2,1-2H3.